The number of carbonyl (C=O) groups excluding carboxylic acids is 3. The van der Waals surface area contributed by atoms with Gasteiger partial charge < -0.3 is 4.74 Å². The van der Waals surface area contributed by atoms with Gasteiger partial charge in [-0.15, -0.1) is 0 Å². The summed E-state index contributed by atoms with van der Waals surface area (Å²) in [5.74, 6) is 0.263. The van der Waals surface area contributed by atoms with Crippen LogP contribution in [0.4, 0.5) is 5.69 Å². The fraction of sp³-hybridized carbons (Fsp3) is 0.276. The normalized spacial score (nSPS) is 25.0. The summed E-state index contributed by atoms with van der Waals surface area (Å²) in [6.07, 6.45) is 3.07. The van der Waals surface area contributed by atoms with Crippen LogP contribution in [-0.4, -0.2) is 24.2 Å². The fourth-order valence-corrected chi connectivity index (χ4v) is 6.12. The Morgan fingerprint density at radius 3 is 2.03 bits per heavy atom. The lowest BCUT2D eigenvalue weighted by molar-refractivity contribution is -0.123. The number of benzene rings is 3. The third kappa shape index (κ3) is 3.35. The molecule has 0 aromatic heterocycles. The number of nitrogens with zero attached hydrogens (tertiary/aromatic N) is 1. The molecule has 3 aromatic carbocycles. The zero-order chi connectivity index (χ0) is 23.2. The van der Waals surface area contributed by atoms with Crippen molar-refractivity contribution in [1.29, 1.82) is 0 Å². The van der Waals surface area contributed by atoms with Gasteiger partial charge in [-0.25, -0.2) is 4.90 Å². The number of rotatable bonds is 6. The number of hydrogen-bond donors (Lipinski definition) is 0. The third-order valence-electron chi connectivity index (χ3n) is 7.71. The van der Waals surface area contributed by atoms with Crippen LogP contribution < -0.4 is 9.64 Å². The van der Waals surface area contributed by atoms with Crippen molar-refractivity contribution in [2.24, 2.45) is 23.7 Å². The molecule has 3 aliphatic rings. The van der Waals surface area contributed by atoms with Crippen molar-refractivity contribution < 1.29 is 19.1 Å². The van der Waals surface area contributed by atoms with Gasteiger partial charge in [-0.1, -0.05) is 66.7 Å². The first-order chi connectivity index (χ1) is 16.6. The molecule has 2 aliphatic carbocycles. The zero-order valence-electron chi connectivity index (χ0n) is 18.7. The van der Waals surface area contributed by atoms with Gasteiger partial charge in [0.2, 0.25) is 11.8 Å². The van der Waals surface area contributed by atoms with Crippen LogP contribution in [0.5, 0.6) is 5.75 Å². The van der Waals surface area contributed by atoms with E-state index in [1.165, 1.54) is 4.90 Å². The predicted octanol–water partition coefficient (Wildman–Crippen LogP) is 5.15. The second-order valence-electron chi connectivity index (χ2n) is 9.52. The van der Waals surface area contributed by atoms with Gasteiger partial charge in [0, 0.05) is 5.56 Å². The van der Waals surface area contributed by atoms with Crippen molar-refractivity contribution in [3.8, 4) is 16.9 Å². The Labute approximate surface area is 198 Å². The Morgan fingerprint density at radius 2 is 1.35 bits per heavy atom. The SMILES string of the molecule is O=C(COc1ccccc1N1C(=O)[C@@H]2[C@H]3CC[C@@H](C3)[C@H]2C1=O)c1ccc(-c2ccccc2)cc1. The monoisotopic (exact) mass is 451 g/mol. The molecule has 3 aromatic rings. The highest BCUT2D eigenvalue weighted by Gasteiger charge is 2.61. The molecule has 0 spiro atoms. The largest absolute Gasteiger partial charge is 0.483 e. The topological polar surface area (TPSA) is 63.7 Å². The minimum atomic E-state index is -0.191. The lowest BCUT2D eigenvalue weighted by Crippen LogP contribution is -2.33. The quantitative estimate of drug-likeness (QED) is 0.384. The van der Waals surface area contributed by atoms with Crippen LogP contribution in [0.1, 0.15) is 29.6 Å². The van der Waals surface area contributed by atoms with Crippen LogP contribution in [0.25, 0.3) is 11.1 Å². The predicted molar refractivity (Wildman–Crippen MR) is 128 cm³/mol. The van der Waals surface area contributed by atoms with E-state index in [0.29, 0.717) is 28.8 Å². The average molecular weight is 452 g/mol. The number of amides is 2. The summed E-state index contributed by atoms with van der Waals surface area (Å²) in [6, 6.07) is 24.4. The highest BCUT2D eigenvalue weighted by atomic mass is 16.5. The maximum absolute atomic E-state index is 13.2. The minimum Gasteiger partial charge on any atom is -0.483 e. The molecule has 0 unspecified atom stereocenters. The van der Waals surface area contributed by atoms with Gasteiger partial charge in [-0.2, -0.15) is 0 Å². The lowest BCUT2D eigenvalue weighted by atomic mass is 9.81. The molecule has 1 aliphatic heterocycles. The molecular formula is C29H25NO4. The Balaban J connectivity index is 1.18. The van der Waals surface area contributed by atoms with Crippen molar-refractivity contribution in [1.82, 2.24) is 0 Å². The Bertz CT molecular complexity index is 1240. The second kappa shape index (κ2) is 8.24. The first kappa shape index (κ1) is 20.8. The molecule has 6 rings (SSSR count). The van der Waals surface area contributed by atoms with Crippen molar-refractivity contribution >= 4 is 23.3 Å². The van der Waals surface area contributed by atoms with E-state index >= 15 is 0 Å². The van der Waals surface area contributed by atoms with E-state index in [1.54, 1.807) is 36.4 Å². The number of imide groups is 1. The molecular weight excluding hydrogens is 426 g/mol. The maximum atomic E-state index is 13.2. The van der Waals surface area contributed by atoms with E-state index < -0.39 is 0 Å². The van der Waals surface area contributed by atoms with Gasteiger partial charge in [-0.3, -0.25) is 14.4 Å². The lowest BCUT2D eigenvalue weighted by Gasteiger charge is -2.20. The smallest absolute Gasteiger partial charge is 0.238 e. The van der Waals surface area contributed by atoms with E-state index in [9.17, 15) is 14.4 Å². The summed E-state index contributed by atoms with van der Waals surface area (Å²) in [7, 11) is 0. The molecule has 1 heterocycles. The van der Waals surface area contributed by atoms with Crippen LogP contribution in [0, 0.1) is 23.7 Å². The minimum absolute atomic E-state index is 0.110. The van der Waals surface area contributed by atoms with E-state index in [-0.39, 0.29) is 36.0 Å². The number of fused-ring (bicyclic) bond motifs is 5. The summed E-state index contributed by atoms with van der Waals surface area (Å²) >= 11 is 0. The molecule has 170 valence electrons. The van der Waals surface area contributed by atoms with E-state index in [2.05, 4.69) is 0 Å². The van der Waals surface area contributed by atoms with Crippen molar-refractivity contribution in [2.45, 2.75) is 19.3 Å². The molecule has 5 heteroatoms. The highest BCUT2D eigenvalue weighted by Crippen LogP contribution is 2.57. The first-order valence-electron chi connectivity index (χ1n) is 11.9. The zero-order valence-corrected chi connectivity index (χ0v) is 18.7. The van der Waals surface area contributed by atoms with Gasteiger partial charge in [-0.05, 0) is 54.4 Å². The number of hydrogen-bond acceptors (Lipinski definition) is 4. The van der Waals surface area contributed by atoms with E-state index in [0.717, 1.165) is 30.4 Å². The number of ether oxygens (including phenoxy) is 1. The van der Waals surface area contributed by atoms with Crippen LogP contribution in [-0.2, 0) is 9.59 Å². The molecule has 2 bridgehead atoms. The molecule has 5 nitrogen and oxygen atoms in total. The van der Waals surface area contributed by atoms with Crippen LogP contribution >= 0.6 is 0 Å². The number of carbonyl (C=O) groups is 3. The van der Waals surface area contributed by atoms with Gasteiger partial charge in [0.1, 0.15) is 5.75 Å². The van der Waals surface area contributed by atoms with Crippen LogP contribution in [0.15, 0.2) is 78.9 Å². The summed E-state index contributed by atoms with van der Waals surface area (Å²) in [5.41, 5.74) is 3.12. The highest BCUT2D eigenvalue weighted by molar-refractivity contribution is 6.23. The summed E-state index contributed by atoms with van der Waals surface area (Å²) < 4.78 is 5.87. The van der Waals surface area contributed by atoms with Gasteiger partial charge in [0.25, 0.3) is 0 Å². The number of anilines is 1. The van der Waals surface area contributed by atoms with Gasteiger partial charge in [0.05, 0.1) is 17.5 Å². The molecule has 2 saturated carbocycles. The Hall–Kier alpha value is -3.73. The fourth-order valence-electron chi connectivity index (χ4n) is 6.12. The molecule has 0 radical (unpaired) electrons. The Morgan fingerprint density at radius 1 is 0.765 bits per heavy atom. The van der Waals surface area contributed by atoms with Crippen LogP contribution in [0.3, 0.4) is 0 Å². The first-order valence-corrected chi connectivity index (χ1v) is 11.9. The van der Waals surface area contributed by atoms with Gasteiger partial charge in [0.15, 0.2) is 12.4 Å². The standard InChI is InChI=1S/C29H25NO4/c31-24(20-12-10-19(11-13-20)18-6-2-1-3-7-18)17-34-25-9-5-4-8-23(25)30-28(32)26-21-14-15-22(16-21)27(26)29(30)33/h1-13,21-22,26-27H,14-17H2/t21-,22-,26+,27+/m0/s1. The molecule has 34 heavy (non-hydrogen) atoms. The second-order valence-corrected chi connectivity index (χ2v) is 9.52. The molecule has 4 atom stereocenters. The van der Waals surface area contributed by atoms with E-state index in [4.69, 9.17) is 4.74 Å². The van der Waals surface area contributed by atoms with Crippen LogP contribution in [0.2, 0.25) is 0 Å². The Kier molecular flexibility index (Phi) is 5.05. The summed E-state index contributed by atoms with van der Waals surface area (Å²) in [6.45, 7) is -0.171. The van der Waals surface area contributed by atoms with Crippen molar-refractivity contribution in [3.63, 3.8) is 0 Å². The molecule has 0 N–H and O–H groups in total. The molecule has 2 amide bonds. The molecule has 1 saturated heterocycles. The van der Waals surface area contributed by atoms with Crippen molar-refractivity contribution in [3.05, 3.63) is 84.4 Å². The third-order valence-corrected chi connectivity index (χ3v) is 7.71. The molecule has 3 fully saturated rings. The number of para-hydroxylation sites is 2. The van der Waals surface area contributed by atoms with Gasteiger partial charge >= 0.3 is 0 Å². The maximum Gasteiger partial charge on any atom is 0.238 e. The average Bonchev–Trinajstić information content (AvgIpc) is 3.57. The summed E-state index contributed by atoms with van der Waals surface area (Å²) in [4.78, 5) is 40.6. The number of Topliss-reactive ketones (excluding diaryl/α,β-unsaturated/α-hetero) is 1. The number of ketones is 1. The van der Waals surface area contributed by atoms with Crippen molar-refractivity contribution in [2.75, 3.05) is 11.5 Å². The summed E-state index contributed by atoms with van der Waals surface area (Å²) in [5, 5.41) is 0. The van der Waals surface area contributed by atoms with E-state index in [1.807, 2.05) is 42.5 Å².